The smallest absolute Gasteiger partial charge is 0.0493 e. The Balaban J connectivity index is 1.63. The van der Waals surface area contributed by atoms with Gasteiger partial charge in [0.25, 0.3) is 0 Å². The summed E-state index contributed by atoms with van der Waals surface area (Å²) >= 11 is 6.41. The summed E-state index contributed by atoms with van der Waals surface area (Å²) in [5.41, 5.74) is 6.35. The molecule has 0 saturated carbocycles. The second kappa shape index (κ2) is 7.99. The predicted molar refractivity (Wildman–Crippen MR) is 114 cm³/mol. The molecule has 0 saturated heterocycles. The van der Waals surface area contributed by atoms with Crippen LogP contribution in [-0.2, 0) is 19.6 Å². The number of aromatic nitrogens is 1. The van der Waals surface area contributed by atoms with Crippen LogP contribution in [0.25, 0.3) is 10.9 Å². The van der Waals surface area contributed by atoms with Gasteiger partial charge in [0.2, 0.25) is 0 Å². The topological polar surface area (TPSA) is 17.0 Å². The van der Waals surface area contributed by atoms with Gasteiger partial charge < -0.3 is 9.88 Å². The fraction of sp³-hybridized carbons (Fsp3) is 0.167. The molecule has 0 aliphatic rings. The highest BCUT2D eigenvalue weighted by molar-refractivity contribution is 6.31. The minimum atomic E-state index is 0.782. The van der Waals surface area contributed by atoms with Crippen LogP contribution in [0.4, 0.5) is 0 Å². The van der Waals surface area contributed by atoms with Crippen molar-refractivity contribution in [2.75, 3.05) is 0 Å². The number of hydrogen-bond donors (Lipinski definition) is 1. The van der Waals surface area contributed by atoms with Crippen LogP contribution in [0.2, 0.25) is 5.02 Å². The highest BCUT2D eigenvalue weighted by Crippen LogP contribution is 2.28. The number of halogens is 1. The Morgan fingerprint density at radius 3 is 2.33 bits per heavy atom. The first-order chi connectivity index (χ1) is 13.2. The van der Waals surface area contributed by atoms with Gasteiger partial charge in [-0.2, -0.15) is 0 Å². The molecule has 136 valence electrons. The molecule has 0 bridgehead atoms. The molecule has 4 aromatic rings. The van der Waals surface area contributed by atoms with E-state index in [1.807, 2.05) is 18.2 Å². The van der Waals surface area contributed by atoms with Crippen LogP contribution in [-0.4, -0.2) is 4.57 Å². The lowest BCUT2D eigenvalue weighted by Crippen LogP contribution is -2.13. The van der Waals surface area contributed by atoms with Crippen LogP contribution in [0.3, 0.4) is 0 Å². The van der Waals surface area contributed by atoms with Crippen molar-refractivity contribution in [3.8, 4) is 0 Å². The van der Waals surface area contributed by atoms with Gasteiger partial charge in [-0.15, -0.1) is 0 Å². The summed E-state index contributed by atoms with van der Waals surface area (Å²) < 4.78 is 2.37. The van der Waals surface area contributed by atoms with Crippen LogP contribution in [0.1, 0.15) is 22.4 Å². The molecule has 0 amide bonds. The van der Waals surface area contributed by atoms with E-state index < -0.39 is 0 Å². The van der Waals surface area contributed by atoms with Crippen molar-refractivity contribution in [2.24, 2.45) is 0 Å². The number of nitrogens with one attached hydrogen (secondary N) is 1. The molecule has 4 rings (SSSR count). The van der Waals surface area contributed by atoms with E-state index in [0.29, 0.717) is 0 Å². The highest BCUT2D eigenvalue weighted by Gasteiger charge is 2.14. The molecule has 1 N–H and O–H groups in total. The van der Waals surface area contributed by atoms with E-state index in [1.54, 1.807) is 0 Å². The third-order valence-electron chi connectivity index (χ3n) is 5.12. The Hall–Kier alpha value is -2.55. The van der Waals surface area contributed by atoms with E-state index in [-0.39, 0.29) is 0 Å². The molecule has 0 spiro atoms. The fourth-order valence-corrected chi connectivity index (χ4v) is 3.85. The molecule has 0 radical (unpaired) electrons. The molecule has 0 aliphatic heterocycles. The molecule has 0 unspecified atom stereocenters. The van der Waals surface area contributed by atoms with E-state index in [1.165, 1.54) is 27.7 Å². The van der Waals surface area contributed by atoms with E-state index >= 15 is 0 Å². The van der Waals surface area contributed by atoms with E-state index in [9.17, 15) is 0 Å². The minimum Gasteiger partial charge on any atom is -0.340 e. The molecule has 1 aromatic heterocycles. The summed E-state index contributed by atoms with van der Waals surface area (Å²) in [5, 5.41) is 5.73. The molecule has 2 nitrogen and oxygen atoms in total. The number of rotatable bonds is 6. The Labute approximate surface area is 165 Å². The lowest BCUT2D eigenvalue weighted by molar-refractivity contribution is 0.686. The lowest BCUT2D eigenvalue weighted by atomic mass is 10.1. The zero-order valence-corrected chi connectivity index (χ0v) is 16.2. The van der Waals surface area contributed by atoms with Crippen LogP contribution in [0, 0.1) is 6.92 Å². The summed E-state index contributed by atoms with van der Waals surface area (Å²) in [7, 11) is 0. The van der Waals surface area contributed by atoms with Crippen molar-refractivity contribution in [1.29, 1.82) is 0 Å². The number of fused-ring (bicyclic) bond motifs is 1. The largest absolute Gasteiger partial charge is 0.340 e. The van der Waals surface area contributed by atoms with Gasteiger partial charge in [0.15, 0.2) is 0 Å². The predicted octanol–water partition coefficient (Wildman–Crippen LogP) is 5.94. The van der Waals surface area contributed by atoms with Gasteiger partial charge >= 0.3 is 0 Å². The van der Waals surface area contributed by atoms with Crippen molar-refractivity contribution in [1.82, 2.24) is 9.88 Å². The third kappa shape index (κ3) is 3.78. The highest BCUT2D eigenvalue weighted by atomic mass is 35.5. The van der Waals surface area contributed by atoms with Crippen molar-refractivity contribution >= 4 is 22.5 Å². The second-order valence-corrected chi connectivity index (χ2v) is 7.26. The van der Waals surface area contributed by atoms with Crippen molar-refractivity contribution in [2.45, 2.75) is 26.6 Å². The molecule has 27 heavy (non-hydrogen) atoms. The normalized spacial score (nSPS) is 11.2. The van der Waals surface area contributed by atoms with Crippen molar-refractivity contribution in [3.05, 3.63) is 106 Å². The quantitative estimate of drug-likeness (QED) is 0.441. The van der Waals surface area contributed by atoms with Gasteiger partial charge in [-0.25, -0.2) is 0 Å². The van der Waals surface area contributed by atoms with Crippen molar-refractivity contribution < 1.29 is 0 Å². The van der Waals surface area contributed by atoms with Gasteiger partial charge in [0, 0.05) is 41.3 Å². The number of nitrogens with zero attached hydrogens (tertiary/aromatic N) is 1. The molecule has 0 fully saturated rings. The zero-order chi connectivity index (χ0) is 18.6. The van der Waals surface area contributed by atoms with Crippen molar-refractivity contribution in [3.63, 3.8) is 0 Å². The van der Waals surface area contributed by atoms with Gasteiger partial charge in [-0.1, -0.05) is 78.3 Å². The summed E-state index contributed by atoms with van der Waals surface area (Å²) in [6.07, 6.45) is 0. The summed E-state index contributed by atoms with van der Waals surface area (Å²) in [6, 6.07) is 27.2. The molecule has 1 heterocycles. The van der Waals surface area contributed by atoms with Gasteiger partial charge in [0.1, 0.15) is 0 Å². The molecular weight excluding hydrogens is 352 g/mol. The van der Waals surface area contributed by atoms with E-state index in [0.717, 1.165) is 30.2 Å². The first-order valence-corrected chi connectivity index (χ1v) is 9.66. The maximum atomic E-state index is 6.41. The first-order valence-electron chi connectivity index (χ1n) is 9.29. The lowest BCUT2D eigenvalue weighted by Gasteiger charge is -2.11. The minimum absolute atomic E-state index is 0.782. The Kier molecular flexibility index (Phi) is 5.28. The zero-order valence-electron chi connectivity index (χ0n) is 15.5. The molecule has 3 aromatic carbocycles. The van der Waals surface area contributed by atoms with Crippen LogP contribution < -0.4 is 5.32 Å². The average Bonchev–Trinajstić information content (AvgIpc) is 2.96. The Bertz CT molecular complexity index is 1050. The Morgan fingerprint density at radius 1 is 0.815 bits per heavy atom. The van der Waals surface area contributed by atoms with Gasteiger partial charge in [-0.3, -0.25) is 0 Å². The summed E-state index contributed by atoms with van der Waals surface area (Å²) in [6.45, 7) is 4.70. The average molecular weight is 375 g/mol. The second-order valence-electron chi connectivity index (χ2n) is 6.85. The molecule has 0 aliphatic carbocycles. The Morgan fingerprint density at radius 2 is 1.52 bits per heavy atom. The maximum Gasteiger partial charge on any atom is 0.0493 e. The fourth-order valence-electron chi connectivity index (χ4n) is 3.65. The van der Waals surface area contributed by atoms with E-state index in [2.05, 4.69) is 77.5 Å². The third-order valence-corrected chi connectivity index (χ3v) is 5.49. The first kappa shape index (κ1) is 17.8. The number of benzene rings is 3. The van der Waals surface area contributed by atoms with Crippen LogP contribution >= 0.6 is 11.6 Å². The standard InChI is InChI=1S/C24H23ClN2/c1-18-22(16-26-15-19-9-3-2-4-10-19)21-12-6-8-14-24(21)27(18)17-20-11-5-7-13-23(20)25/h2-14,26H,15-17H2,1H3. The monoisotopic (exact) mass is 374 g/mol. The summed E-state index contributed by atoms with van der Waals surface area (Å²) in [4.78, 5) is 0. The number of para-hydroxylation sites is 1. The van der Waals surface area contributed by atoms with Gasteiger partial charge in [-0.05, 0) is 35.7 Å². The van der Waals surface area contributed by atoms with Crippen LogP contribution in [0.5, 0.6) is 0 Å². The molecule has 3 heteroatoms. The molecular formula is C24H23ClN2. The maximum absolute atomic E-state index is 6.41. The van der Waals surface area contributed by atoms with Crippen LogP contribution in [0.15, 0.2) is 78.9 Å². The van der Waals surface area contributed by atoms with E-state index in [4.69, 9.17) is 11.6 Å². The number of hydrogen-bond acceptors (Lipinski definition) is 1. The SMILES string of the molecule is Cc1c(CNCc2ccccc2)c2ccccc2n1Cc1ccccc1Cl. The summed E-state index contributed by atoms with van der Waals surface area (Å²) in [5.74, 6) is 0. The van der Waals surface area contributed by atoms with Gasteiger partial charge in [0.05, 0.1) is 0 Å². The molecule has 0 atom stereocenters.